The van der Waals surface area contributed by atoms with E-state index >= 15 is 0 Å². The number of rotatable bonds is 5. The maximum absolute atomic E-state index is 12.0. The minimum absolute atomic E-state index is 0.206. The monoisotopic (exact) mass is 277 g/mol. The summed E-state index contributed by atoms with van der Waals surface area (Å²) in [6.07, 6.45) is -0.206. The van der Waals surface area contributed by atoms with Crippen molar-refractivity contribution < 1.29 is 9.53 Å². The van der Waals surface area contributed by atoms with Crippen LogP contribution in [0.15, 0.2) is 30.3 Å². The largest absolute Gasteiger partial charge is 0.445 e. The topological polar surface area (TPSA) is 44.8 Å². The number of nitrogens with one attached hydrogen (secondary N) is 1. The zero-order valence-corrected chi connectivity index (χ0v) is 12.0. The Morgan fingerprint density at radius 3 is 2.55 bits per heavy atom. The van der Waals surface area contributed by atoms with Crippen molar-refractivity contribution in [2.75, 3.05) is 46.3 Å². The predicted molar refractivity (Wildman–Crippen MR) is 78.6 cm³/mol. The van der Waals surface area contributed by atoms with Gasteiger partial charge in [0.1, 0.15) is 6.61 Å². The molecule has 0 aliphatic carbocycles. The van der Waals surface area contributed by atoms with Crippen LogP contribution in [0.25, 0.3) is 0 Å². The normalized spacial score (nSPS) is 16.1. The van der Waals surface area contributed by atoms with Crippen LogP contribution < -0.4 is 5.32 Å². The third-order valence-corrected chi connectivity index (χ3v) is 3.51. The van der Waals surface area contributed by atoms with Gasteiger partial charge < -0.3 is 15.0 Å². The molecule has 0 unspecified atom stereocenters. The summed E-state index contributed by atoms with van der Waals surface area (Å²) in [6.45, 7) is 5.69. The molecule has 1 saturated heterocycles. The first-order chi connectivity index (χ1) is 9.79. The standard InChI is InChI=1S/C15H23N3O2/c1-16-7-8-17-9-11-18(12-10-17)15(19)20-13-14-5-3-2-4-6-14/h2-6,16H,7-13H2,1H3. The van der Waals surface area contributed by atoms with Crippen LogP contribution in [-0.2, 0) is 11.3 Å². The molecular weight excluding hydrogens is 254 g/mol. The smallest absolute Gasteiger partial charge is 0.410 e. The molecule has 1 aliphatic rings. The molecule has 5 nitrogen and oxygen atoms in total. The number of piperazine rings is 1. The second-order valence-corrected chi connectivity index (χ2v) is 4.97. The Morgan fingerprint density at radius 1 is 1.20 bits per heavy atom. The fourth-order valence-electron chi connectivity index (χ4n) is 2.23. The summed E-state index contributed by atoms with van der Waals surface area (Å²) in [6, 6.07) is 9.77. The van der Waals surface area contributed by atoms with Crippen LogP contribution in [0.4, 0.5) is 4.79 Å². The van der Waals surface area contributed by atoms with Crippen LogP contribution >= 0.6 is 0 Å². The first-order valence-corrected chi connectivity index (χ1v) is 7.12. The number of hydrogen-bond donors (Lipinski definition) is 1. The van der Waals surface area contributed by atoms with Crippen molar-refractivity contribution in [3.8, 4) is 0 Å². The van der Waals surface area contributed by atoms with E-state index in [4.69, 9.17) is 4.74 Å². The highest BCUT2D eigenvalue weighted by atomic mass is 16.6. The highest BCUT2D eigenvalue weighted by Crippen LogP contribution is 2.06. The fourth-order valence-corrected chi connectivity index (χ4v) is 2.23. The van der Waals surface area contributed by atoms with E-state index in [9.17, 15) is 4.79 Å². The number of amides is 1. The molecule has 5 heteroatoms. The van der Waals surface area contributed by atoms with Crippen LogP contribution in [0.2, 0.25) is 0 Å². The third kappa shape index (κ3) is 4.51. The van der Waals surface area contributed by atoms with Crippen LogP contribution in [-0.4, -0.2) is 62.2 Å². The lowest BCUT2D eigenvalue weighted by Crippen LogP contribution is -2.50. The molecular formula is C15H23N3O2. The summed E-state index contributed by atoms with van der Waals surface area (Å²) >= 11 is 0. The van der Waals surface area contributed by atoms with Gasteiger partial charge in [-0.15, -0.1) is 0 Å². The SMILES string of the molecule is CNCCN1CCN(C(=O)OCc2ccccc2)CC1. The molecule has 0 bridgehead atoms. The summed E-state index contributed by atoms with van der Waals surface area (Å²) in [5, 5.41) is 3.14. The van der Waals surface area contributed by atoms with Crippen LogP contribution in [0, 0.1) is 0 Å². The lowest BCUT2D eigenvalue weighted by atomic mass is 10.2. The lowest BCUT2D eigenvalue weighted by Gasteiger charge is -2.34. The zero-order valence-electron chi connectivity index (χ0n) is 12.0. The molecule has 1 N–H and O–H groups in total. The summed E-state index contributed by atoms with van der Waals surface area (Å²) in [5.41, 5.74) is 1.02. The van der Waals surface area contributed by atoms with Gasteiger partial charge in [-0.2, -0.15) is 0 Å². The minimum Gasteiger partial charge on any atom is -0.445 e. The highest BCUT2D eigenvalue weighted by Gasteiger charge is 2.21. The Hall–Kier alpha value is -1.59. The van der Waals surface area contributed by atoms with Gasteiger partial charge in [-0.3, -0.25) is 4.90 Å². The Kier molecular flexibility index (Phi) is 5.83. The van der Waals surface area contributed by atoms with Crippen LogP contribution in [0.5, 0.6) is 0 Å². The van der Waals surface area contributed by atoms with E-state index in [0.717, 1.165) is 44.8 Å². The summed E-state index contributed by atoms with van der Waals surface area (Å²) < 4.78 is 5.34. The first-order valence-electron chi connectivity index (χ1n) is 7.12. The fraction of sp³-hybridized carbons (Fsp3) is 0.533. The molecule has 2 rings (SSSR count). The number of carbonyl (C=O) groups is 1. The van der Waals surface area contributed by atoms with Crippen LogP contribution in [0.1, 0.15) is 5.56 Å². The summed E-state index contributed by atoms with van der Waals surface area (Å²) in [4.78, 5) is 16.1. The molecule has 1 aromatic rings. The van der Waals surface area contributed by atoms with Crippen molar-refractivity contribution in [3.05, 3.63) is 35.9 Å². The highest BCUT2D eigenvalue weighted by molar-refractivity contribution is 5.67. The van der Waals surface area contributed by atoms with Crippen molar-refractivity contribution in [1.29, 1.82) is 0 Å². The molecule has 0 atom stereocenters. The quantitative estimate of drug-likeness (QED) is 0.877. The van der Waals surface area contributed by atoms with Crippen LogP contribution in [0.3, 0.4) is 0 Å². The van der Waals surface area contributed by atoms with Crippen molar-refractivity contribution in [2.24, 2.45) is 0 Å². The molecule has 1 heterocycles. The second kappa shape index (κ2) is 7.87. The molecule has 110 valence electrons. The number of nitrogens with zero attached hydrogens (tertiary/aromatic N) is 2. The number of carbonyl (C=O) groups excluding carboxylic acids is 1. The Morgan fingerprint density at radius 2 is 1.90 bits per heavy atom. The van der Waals surface area contributed by atoms with Gasteiger partial charge in [-0.05, 0) is 12.6 Å². The van der Waals surface area contributed by atoms with E-state index in [0.29, 0.717) is 6.61 Å². The Bertz CT molecular complexity index is 403. The average Bonchev–Trinajstić information content (AvgIpc) is 2.52. The van der Waals surface area contributed by atoms with Gasteiger partial charge in [0.25, 0.3) is 0 Å². The van der Waals surface area contributed by atoms with Gasteiger partial charge in [0.05, 0.1) is 0 Å². The molecule has 0 saturated carbocycles. The molecule has 0 radical (unpaired) electrons. The predicted octanol–water partition coefficient (Wildman–Crippen LogP) is 1.16. The first kappa shape index (κ1) is 14.8. The average molecular weight is 277 g/mol. The maximum atomic E-state index is 12.0. The Balaban J connectivity index is 1.69. The van der Waals surface area contributed by atoms with E-state index in [1.165, 1.54) is 0 Å². The van der Waals surface area contributed by atoms with E-state index in [1.54, 1.807) is 4.90 Å². The van der Waals surface area contributed by atoms with Gasteiger partial charge >= 0.3 is 6.09 Å². The summed E-state index contributed by atoms with van der Waals surface area (Å²) in [5.74, 6) is 0. The number of ether oxygens (including phenoxy) is 1. The van der Waals surface area contributed by atoms with Crippen molar-refractivity contribution in [2.45, 2.75) is 6.61 Å². The number of hydrogen-bond acceptors (Lipinski definition) is 4. The lowest BCUT2D eigenvalue weighted by molar-refractivity contribution is 0.0720. The molecule has 1 fully saturated rings. The molecule has 0 aromatic heterocycles. The van der Waals surface area contributed by atoms with E-state index in [1.807, 2.05) is 37.4 Å². The van der Waals surface area contributed by atoms with E-state index in [2.05, 4.69) is 10.2 Å². The van der Waals surface area contributed by atoms with Gasteiger partial charge in [-0.25, -0.2) is 4.79 Å². The Labute approximate surface area is 120 Å². The molecule has 1 amide bonds. The molecule has 1 aromatic carbocycles. The number of likely N-dealkylation sites (N-methyl/N-ethyl adjacent to an activating group) is 1. The van der Waals surface area contributed by atoms with Crippen molar-refractivity contribution in [1.82, 2.24) is 15.1 Å². The van der Waals surface area contributed by atoms with Gasteiger partial charge in [0.2, 0.25) is 0 Å². The second-order valence-electron chi connectivity index (χ2n) is 4.97. The van der Waals surface area contributed by atoms with Gasteiger partial charge in [-0.1, -0.05) is 30.3 Å². The zero-order chi connectivity index (χ0) is 14.2. The van der Waals surface area contributed by atoms with Crippen molar-refractivity contribution in [3.63, 3.8) is 0 Å². The van der Waals surface area contributed by atoms with Crippen molar-refractivity contribution >= 4 is 6.09 Å². The summed E-state index contributed by atoms with van der Waals surface area (Å²) in [7, 11) is 1.96. The molecule has 1 aliphatic heterocycles. The minimum atomic E-state index is -0.206. The van der Waals surface area contributed by atoms with Gasteiger partial charge in [0, 0.05) is 39.3 Å². The molecule has 20 heavy (non-hydrogen) atoms. The maximum Gasteiger partial charge on any atom is 0.410 e. The molecule has 0 spiro atoms. The van der Waals surface area contributed by atoms with Gasteiger partial charge in [0.15, 0.2) is 0 Å². The van der Waals surface area contributed by atoms with E-state index in [-0.39, 0.29) is 6.09 Å². The third-order valence-electron chi connectivity index (χ3n) is 3.51. The number of benzene rings is 1. The van der Waals surface area contributed by atoms with E-state index < -0.39 is 0 Å².